The number of ether oxygens (including phenoxy) is 1. The van der Waals surface area contributed by atoms with Gasteiger partial charge in [0.05, 0.1) is 5.56 Å². The Bertz CT molecular complexity index is 1140. The van der Waals surface area contributed by atoms with Crippen LogP contribution < -0.4 is 16.0 Å². The third-order valence-electron chi connectivity index (χ3n) is 6.61. The van der Waals surface area contributed by atoms with Gasteiger partial charge in [0.1, 0.15) is 15.5 Å². The van der Waals surface area contributed by atoms with E-state index in [4.69, 9.17) is 4.74 Å². The van der Waals surface area contributed by atoms with Gasteiger partial charge >= 0.3 is 18.2 Å². The number of alkyl halides is 3. The number of cyclic esters (lactones) is 1. The molecule has 11 heteroatoms. The second-order valence-corrected chi connectivity index (χ2v) is 11.3. The van der Waals surface area contributed by atoms with Crippen molar-refractivity contribution in [3.8, 4) is 0 Å². The number of thiophene rings is 2. The predicted molar refractivity (Wildman–Crippen MR) is 120 cm³/mol. The number of carbonyl (C=O) groups excluding carboxylic acids is 2. The third kappa shape index (κ3) is 3.93. The average Bonchev–Trinajstić information content (AvgIpc) is 3.29. The molecule has 0 fully saturated rings. The van der Waals surface area contributed by atoms with Gasteiger partial charge in [0.25, 0.3) is 0 Å². The van der Waals surface area contributed by atoms with Crippen LogP contribution in [0.3, 0.4) is 0 Å². The van der Waals surface area contributed by atoms with Crippen LogP contribution in [0.2, 0.25) is 0 Å². The molecule has 3 N–H and O–H groups in total. The van der Waals surface area contributed by atoms with Crippen LogP contribution in [-0.2, 0) is 36.8 Å². The fraction of sp³-hybridized carbons (Fsp3) is 0.545. The molecule has 0 bridgehead atoms. The van der Waals surface area contributed by atoms with Gasteiger partial charge in [-0.3, -0.25) is 5.32 Å². The third-order valence-corrected chi connectivity index (χ3v) is 9.11. The van der Waals surface area contributed by atoms with Crippen molar-refractivity contribution in [3.63, 3.8) is 0 Å². The number of hydrogen-bond donors (Lipinski definition) is 3. The maximum absolute atomic E-state index is 13.6. The van der Waals surface area contributed by atoms with Crippen LogP contribution in [0.15, 0.2) is 0 Å². The summed E-state index contributed by atoms with van der Waals surface area (Å²) in [6.45, 7) is 4.58. The molecular formula is C22H24F3N3O3S2. The first kappa shape index (κ1) is 22.7. The van der Waals surface area contributed by atoms with Gasteiger partial charge in [0, 0.05) is 28.8 Å². The smallest absolute Gasteiger partial charge is 0.425 e. The second kappa shape index (κ2) is 7.99. The summed E-state index contributed by atoms with van der Waals surface area (Å²) in [6.07, 6.45) is -1.27. The SMILES string of the molecule is CC1(C)OC(=O)c2c(NC(=O)NCc3c(C(F)(F)F)sc4c3CCNC4)sc3c2C1CCC3. The minimum atomic E-state index is -4.47. The molecule has 5 rings (SSSR count). The zero-order chi connectivity index (χ0) is 23.5. The fourth-order valence-electron chi connectivity index (χ4n) is 5.14. The Kier molecular flexibility index (Phi) is 5.49. The van der Waals surface area contributed by atoms with E-state index in [-0.39, 0.29) is 18.0 Å². The Morgan fingerprint density at radius 2 is 2.03 bits per heavy atom. The topological polar surface area (TPSA) is 79.5 Å². The summed E-state index contributed by atoms with van der Waals surface area (Å²) in [5.41, 5.74) is 1.54. The number of carbonyl (C=O) groups is 2. The van der Waals surface area contributed by atoms with Gasteiger partial charge in [-0.05, 0) is 62.8 Å². The predicted octanol–water partition coefficient (Wildman–Crippen LogP) is 5.16. The molecule has 178 valence electrons. The zero-order valence-electron chi connectivity index (χ0n) is 18.2. The quantitative estimate of drug-likeness (QED) is 0.510. The summed E-state index contributed by atoms with van der Waals surface area (Å²) in [6, 6.07) is -0.638. The number of anilines is 1. The molecule has 0 aromatic carbocycles. The number of nitrogens with one attached hydrogen (secondary N) is 3. The largest absolute Gasteiger partial charge is 0.455 e. The van der Waals surface area contributed by atoms with E-state index in [0.29, 0.717) is 40.5 Å². The maximum Gasteiger partial charge on any atom is 0.425 e. The van der Waals surface area contributed by atoms with Gasteiger partial charge < -0.3 is 15.4 Å². The van der Waals surface area contributed by atoms with E-state index in [9.17, 15) is 22.8 Å². The van der Waals surface area contributed by atoms with Crippen molar-refractivity contribution in [2.75, 3.05) is 11.9 Å². The van der Waals surface area contributed by atoms with Gasteiger partial charge in [-0.15, -0.1) is 22.7 Å². The highest BCUT2D eigenvalue weighted by Crippen LogP contribution is 2.52. The Labute approximate surface area is 196 Å². The molecule has 0 saturated heterocycles. The number of esters is 1. The molecule has 3 aliphatic rings. The van der Waals surface area contributed by atoms with E-state index >= 15 is 0 Å². The number of halogens is 3. The van der Waals surface area contributed by atoms with Crippen LogP contribution >= 0.6 is 22.7 Å². The van der Waals surface area contributed by atoms with Crippen LogP contribution in [0, 0.1) is 0 Å². The summed E-state index contributed by atoms with van der Waals surface area (Å²) in [5, 5.41) is 8.78. The zero-order valence-corrected chi connectivity index (χ0v) is 19.8. The first-order valence-electron chi connectivity index (χ1n) is 10.9. The van der Waals surface area contributed by atoms with E-state index in [1.165, 1.54) is 11.3 Å². The van der Waals surface area contributed by atoms with Gasteiger partial charge in [0.15, 0.2) is 0 Å². The highest BCUT2D eigenvalue weighted by atomic mass is 32.1. The molecule has 1 unspecified atom stereocenters. The number of amides is 2. The number of rotatable bonds is 3. The lowest BCUT2D eigenvalue weighted by molar-refractivity contribution is -0.135. The van der Waals surface area contributed by atoms with Crippen LogP contribution in [0.1, 0.15) is 74.3 Å². The van der Waals surface area contributed by atoms with Crippen molar-refractivity contribution in [1.82, 2.24) is 10.6 Å². The Hall–Kier alpha value is -2.11. The van der Waals surface area contributed by atoms with E-state index in [1.54, 1.807) is 0 Å². The van der Waals surface area contributed by atoms with Crippen molar-refractivity contribution >= 4 is 39.7 Å². The van der Waals surface area contributed by atoms with Crippen LogP contribution in [-0.4, -0.2) is 24.1 Å². The molecule has 0 saturated carbocycles. The number of aryl methyl sites for hydroxylation is 1. The number of hydrogen-bond acceptors (Lipinski definition) is 6. The molecule has 33 heavy (non-hydrogen) atoms. The molecular weight excluding hydrogens is 475 g/mol. The van der Waals surface area contributed by atoms with Crippen molar-refractivity contribution < 1.29 is 27.5 Å². The fourth-order valence-corrected chi connectivity index (χ4v) is 7.62. The van der Waals surface area contributed by atoms with Crippen molar-refractivity contribution in [2.24, 2.45) is 0 Å². The lowest BCUT2D eigenvalue weighted by Gasteiger charge is -2.40. The lowest BCUT2D eigenvalue weighted by atomic mass is 9.74. The second-order valence-electron chi connectivity index (χ2n) is 9.12. The highest BCUT2D eigenvalue weighted by Gasteiger charge is 2.47. The van der Waals surface area contributed by atoms with E-state index < -0.39 is 28.7 Å². The molecule has 2 aliphatic heterocycles. The molecule has 2 amide bonds. The standard InChI is InChI=1S/C22H24F3N3O3S2/c1-21(2)12-4-3-5-13-15(12)16(19(29)31-21)18(33-13)28-20(30)27-8-11-10-6-7-26-9-14(10)32-17(11)22(23,24)25/h12,26H,3-9H2,1-2H3,(H2,27,28,30). The monoisotopic (exact) mass is 499 g/mol. The molecule has 2 aromatic heterocycles. The summed E-state index contributed by atoms with van der Waals surface area (Å²) >= 11 is 2.10. The first-order valence-corrected chi connectivity index (χ1v) is 12.5. The van der Waals surface area contributed by atoms with Crippen molar-refractivity contribution in [3.05, 3.63) is 36.9 Å². The molecule has 0 radical (unpaired) electrons. The average molecular weight is 500 g/mol. The minimum absolute atomic E-state index is 0.0732. The Morgan fingerprint density at radius 1 is 1.24 bits per heavy atom. The van der Waals surface area contributed by atoms with Crippen molar-refractivity contribution in [2.45, 2.75) is 70.3 Å². The van der Waals surface area contributed by atoms with Crippen molar-refractivity contribution in [1.29, 1.82) is 0 Å². The maximum atomic E-state index is 13.6. The van der Waals surface area contributed by atoms with Crippen LogP contribution in [0.4, 0.5) is 23.0 Å². The Morgan fingerprint density at radius 3 is 2.79 bits per heavy atom. The normalized spacial score (nSPS) is 21.1. The molecule has 0 spiro atoms. The molecule has 1 aliphatic carbocycles. The summed E-state index contributed by atoms with van der Waals surface area (Å²) < 4.78 is 46.5. The van der Waals surface area contributed by atoms with Gasteiger partial charge in [-0.25, -0.2) is 9.59 Å². The summed E-state index contributed by atoms with van der Waals surface area (Å²) in [7, 11) is 0. The van der Waals surface area contributed by atoms with E-state index in [1.807, 2.05) is 13.8 Å². The molecule has 6 nitrogen and oxygen atoms in total. The number of urea groups is 1. The molecule has 2 aromatic rings. The lowest BCUT2D eigenvalue weighted by Crippen LogP contribution is -2.41. The van der Waals surface area contributed by atoms with Gasteiger partial charge in [0.2, 0.25) is 0 Å². The number of fused-ring (bicyclic) bond motifs is 1. The van der Waals surface area contributed by atoms with E-state index in [0.717, 1.165) is 41.0 Å². The van der Waals surface area contributed by atoms with Crippen LogP contribution in [0.5, 0.6) is 0 Å². The van der Waals surface area contributed by atoms with Crippen LogP contribution in [0.25, 0.3) is 0 Å². The molecule has 4 heterocycles. The van der Waals surface area contributed by atoms with Gasteiger partial charge in [-0.1, -0.05) is 0 Å². The summed E-state index contributed by atoms with van der Waals surface area (Å²) in [5.74, 6) is -0.395. The minimum Gasteiger partial charge on any atom is -0.455 e. The first-order chi connectivity index (χ1) is 15.6. The highest BCUT2D eigenvalue weighted by molar-refractivity contribution is 7.17. The van der Waals surface area contributed by atoms with Gasteiger partial charge in [-0.2, -0.15) is 13.2 Å². The van der Waals surface area contributed by atoms with E-state index in [2.05, 4.69) is 16.0 Å². The Balaban J connectivity index is 1.37. The molecule has 1 atom stereocenters. The summed E-state index contributed by atoms with van der Waals surface area (Å²) in [4.78, 5) is 26.5.